The van der Waals surface area contributed by atoms with Crippen LogP contribution in [0.25, 0.3) is 0 Å². The molecule has 0 N–H and O–H groups in total. The van der Waals surface area contributed by atoms with E-state index in [4.69, 9.17) is 4.74 Å². The normalized spacial score (nSPS) is 11.8. The van der Waals surface area contributed by atoms with Gasteiger partial charge in [-0.3, -0.25) is 0 Å². The predicted octanol–water partition coefficient (Wildman–Crippen LogP) is 4.61. The summed E-state index contributed by atoms with van der Waals surface area (Å²) in [6.45, 7) is 13.1. The van der Waals surface area contributed by atoms with E-state index >= 15 is 0 Å². The van der Waals surface area contributed by atoms with E-state index in [0.717, 1.165) is 10.2 Å². The fraction of sp³-hybridized carbons (Fsp3) is 0.308. The Morgan fingerprint density at radius 3 is 2.25 bits per heavy atom. The van der Waals surface area contributed by atoms with Crippen molar-refractivity contribution in [3.8, 4) is 0 Å². The smallest absolute Gasteiger partial charge is 0.213 e. The highest BCUT2D eigenvalue weighted by Crippen LogP contribution is 2.03. The molecule has 0 amide bonds. The van der Waals surface area contributed by atoms with Crippen LogP contribution in [0.15, 0.2) is 52.8 Å². The Bertz CT molecular complexity index is 301. The summed E-state index contributed by atoms with van der Waals surface area (Å²) in [6.07, 6.45) is 6.98. The summed E-state index contributed by atoms with van der Waals surface area (Å²) in [5.41, 5.74) is 0.834. The summed E-state index contributed by atoms with van der Waals surface area (Å²) >= 11 is 3.22. The van der Waals surface area contributed by atoms with Crippen LogP contribution in [-0.4, -0.2) is 12.8 Å². The molecule has 0 radical (unpaired) electrons. The van der Waals surface area contributed by atoms with E-state index in [1.807, 2.05) is 32.9 Å². The van der Waals surface area contributed by atoms with E-state index < -0.39 is 0 Å². The van der Waals surface area contributed by atoms with Crippen molar-refractivity contribution >= 4 is 21.6 Å². The molecule has 0 rings (SSSR count). The molecule has 0 aliphatic heterocycles. The minimum Gasteiger partial charge on any atom is -0.481 e. The Balaban J connectivity index is 0. The third-order valence-corrected chi connectivity index (χ3v) is 1.53. The number of allylic oxidation sites excluding steroid dienone is 5. The van der Waals surface area contributed by atoms with E-state index in [9.17, 15) is 0 Å². The highest BCUT2D eigenvalue weighted by molar-refractivity contribution is 9.11. The summed E-state index contributed by atoms with van der Waals surface area (Å²) in [5.74, 6) is 0.530. The van der Waals surface area contributed by atoms with Crippen LogP contribution in [0.4, 0.5) is 0 Å². The first-order chi connectivity index (χ1) is 7.60. The van der Waals surface area contributed by atoms with E-state index in [-0.39, 0.29) is 0 Å². The molecule has 3 heteroatoms. The highest BCUT2D eigenvalue weighted by atomic mass is 79.9. The van der Waals surface area contributed by atoms with Gasteiger partial charge in [-0.15, -0.1) is 0 Å². The number of hydrogen-bond donors (Lipinski definition) is 0. The van der Waals surface area contributed by atoms with Gasteiger partial charge in [0.25, 0.3) is 0 Å². The molecule has 0 aliphatic rings. The van der Waals surface area contributed by atoms with E-state index in [0.29, 0.717) is 5.88 Å². The van der Waals surface area contributed by atoms with Crippen LogP contribution in [0.3, 0.4) is 0 Å². The third kappa shape index (κ3) is 11.0. The van der Waals surface area contributed by atoms with Crippen molar-refractivity contribution in [3.63, 3.8) is 0 Å². The number of nitrogens with zero attached hydrogens (tertiary/aromatic N) is 1. The second kappa shape index (κ2) is 12.0. The lowest BCUT2D eigenvalue weighted by molar-refractivity contribution is 0.289. The van der Waals surface area contributed by atoms with Crippen LogP contribution in [0, 0.1) is 0 Å². The first-order valence-electron chi connectivity index (χ1n) is 5.04. The van der Waals surface area contributed by atoms with Crippen LogP contribution >= 0.6 is 15.9 Å². The maximum Gasteiger partial charge on any atom is 0.213 e. The molecule has 0 aromatic heterocycles. The summed E-state index contributed by atoms with van der Waals surface area (Å²) in [6, 6.07) is 0. The molecule has 0 spiro atoms. The molecule has 2 nitrogen and oxygen atoms in total. The first-order valence-corrected chi connectivity index (χ1v) is 5.84. The molecule has 0 aromatic carbocycles. The Morgan fingerprint density at radius 2 is 1.88 bits per heavy atom. The molecule has 16 heavy (non-hydrogen) atoms. The summed E-state index contributed by atoms with van der Waals surface area (Å²) < 4.78 is 5.81. The van der Waals surface area contributed by atoms with Gasteiger partial charge in [0.1, 0.15) is 0 Å². The second-order valence-corrected chi connectivity index (χ2v) is 3.50. The summed E-state index contributed by atoms with van der Waals surface area (Å²) in [7, 11) is 1.57. The molecule has 90 valence electrons. The van der Waals surface area contributed by atoms with Crippen LogP contribution in [-0.2, 0) is 4.74 Å². The molecular weight excluding hydrogens is 266 g/mol. The number of ether oxygens (including phenoxy) is 1. The molecule has 0 saturated heterocycles. The number of halogens is 1. The molecule has 0 fully saturated rings. The Kier molecular flexibility index (Phi) is 13.0. The molecule has 0 heterocycles. The number of rotatable bonds is 5. The van der Waals surface area contributed by atoms with Crippen LogP contribution < -0.4 is 0 Å². The quantitative estimate of drug-likeness (QED) is 0.411. The van der Waals surface area contributed by atoms with Crippen molar-refractivity contribution in [2.45, 2.75) is 20.8 Å². The Hall–Kier alpha value is -1.09. The lowest BCUT2D eigenvalue weighted by Gasteiger charge is -1.98. The molecule has 0 saturated carbocycles. The van der Waals surface area contributed by atoms with Crippen LogP contribution in [0.2, 0.25) is 0 Å². The van der Waals surface area contributed by atoms with Gasteiger partial charge >= 0.3 is 0 Å². The van der Waals surface area contributed by atoms with Crippen LogP contribution in [0.5, 0.6) is 0 Å². The van der Waals surface area contributed by atoms with Crippen LogP contribution in [0.1, 0.15) is 20.8 Å². The van der Waals surface area contributed by atoms with E-state index in [1.165, 1.54) is 0 Å². The Labute approximate surface area is 107 Å². The monoisotopic (exact) mass is 285 g/mol. The van der Waals surface area contributed by atoms with Gasteiger partial charge < -0.3 is 4.74 Å². The van der Waals surface area contributed by atoms with Gasteiger partial charge in [0.05, 0.1) is 7.11 Å². The largest absolute Gasteiger partial charge is 0.481 e. The van der Waals surface area contributed by atoms with Crippen molar-refractivity contribution in [2.24, 2.45) is 4.99 Å². The minimum absolute atomic E-state index is 0.530. The van der Waals surface area contributed by atoms with Crippen molar-refractivity contribution in [2.75, 3.05) is 7.11 Å². The van der Waals surface area contributed by atoms with Gasteiger partial charge in [-0.1, -0.05) is 49.0 Å². The van der Waals surface area contributed by atoms with E-state index in [1.54, 1.807) is 19.3 Å². The topological polar surface area (TPSA) is 21.6 Å². The lowest BCUT2D eigenvalue weighted by Crippen LogP contribution is -1.89. The predicted molar refractivity (Wildman–Crippen MR) is 77.0 cm³/mol. The second-order valence-electron chi connectivity index (χ2n) is 2.48. The van der Waals surface area contributed by atoms with Crippen molar-refractivity contribution in [1.82, 2.24) is 0 Å². The minimum atomic E-state index is 0.530. The maximum atomic E-state index is 5.00. The zero-order chi connectivity index (χ0) is 13.0. The van der Waals surface area contributed by atoms with Crippen molar-refractivity contribution in [1.29, 1.82) is 0 Å². The summed E-state index contributed by atoms with van der Waals surface area (Å²) in [5, 5.41) is 0. The molecule has 0 unspecified atom stereocenters. The van der Waals surface area contributed by atoms with Gasteiger partial charge in [0, 0.05) is 10.2 Å². The third-order valence-electron chi connectivity index (χ3n) is 1.26. The van der Waals surface area contributed by atoms with Crippen molar-refractivity contribution in [3.05, 3.63) is 47.8 Å². The molecule has 0 aromatic rings. The molecule has 0 atom stereocenters. The number of aliphatic imine (C=N–C) groups is 1. The van der Waals surface area contributed by atoms with Gasteiger partial charge in [0.2, 0.25) is 5.88 Å². The number of hydrogen-bond acceptors (Lipinski definition) is 2. The SMILES string of the molecule is C=C/C=C(/N=C(C)\C=C\C(=C)Br)OC.CC. The fourth-order valence-corrected chi connectivity index (χ4v) is 0.806. The number of methoxy groups -OCH3 is 1. The van der Waals surface area contributed by atoms with Crippen molar-refractivity contribution < 1.29 is 4.74 Å². The van der Waals surface area contributed by atoms with E-state index in [2.05, 4.69) is 34.1 Å². The van der Waals surface area contributed by atoms with Gasteiger partial charge in [-0.05, 0) is 25.2 Å². The molecule has 0 bridgehead atoms. The fourth-order valence-electron chi connectivity index (χ4n) is 0.674. The standard InChI is InChI=1S/C11H14BrNO.C2H6/c1-5-6-11(14-4)13-10(3)8-7-9(2)12;1-2/h5-8H,1-2H2,3-4H3;1-2H3/b8-7+,11-6-,13-10-;. The average molecular weight is 286 g/mol. The van der Waals surface area contributed by atoms with Gasteiger partial charge in [-0.25, -0.2) is 4.99 Å². The van der Waals surface area contributed by atoms with Gasteiger partial charge in [-0.2, -0.15) is 0 Å². The summed E-state index contributed by atoms with van der Waals surface area (Å²) in [4.78, 5) is 4.19. The first kappa shape index (κ1) is 17.3. The average Bonchev–Trinajstić information content (AvgIpc) is 2.28. The Morgan fingerprint density at radius 1 is 1.31 bits per heavy atom. The zero-order valence-electron chi connectivity index (χ0n) is 10.5. The maximum absolute atomic E-state index is 5.00. The lowest BCUT2D eigenvalue weighted by atomic mass is 10.3. The van der Waals surface area contributed by atoms with Gasteiger partial charge in [0.15, 0.2) is 0 Å². The highest BCUT2D eigenvalue weighted by Gasteiger charge is 1.90. The molecular formula is C13H20BrNO. The molecule has 0 aliphatic carbocycles. The zero-order valence-corrected chi connectivity index (χ0v) is 12.0.